The van der Waals surface area contributed by atoms with Gasteiger partial charge in [-0.3, -0.25) is 0 Å². The van der Waals surface area contributed by atoms with Crippen molar-refractivity contribution >= 4 is 0 Å². The molecule has 1 nitrogen and oxygen atoms in total. The Morgan fingerprint density at radius 1 is 1.38 bits per heavy atom. The zero-order chi connectivity index (χ0) is 11.4. The summed E-state index contributed by atoms with van der Waals surface area (Å²) in [6, 6.07) is 8.75. The highest BCUT2D eigenvalue weighted by Crippen LogP contribution is 2.35. The number of aliphatic hydroxyl groups is 1. The van der Waals surface area contributed by atoms with Crippen LogP contribution in [0.2, 0.25) is 0 Å². The molecule has 0 saturated carbocycles. The topological polar surface area (TPSA) is 20.2 Å². The maximum absolute atomic E-state index is 9.93. The van der Waals surface area contributed by atoms with E-state index in [1.54, 1.807) is 0 Å². The van der Waals surface area contributed by atoms with Crippen molar-refractivity contribution in [3.8, 4) is 0 Å². The van der Waals surface area contributed by atoms with Crippen LogP contribution in [0.4, 0.5) is 0 Å². The second kappa shape index (κ2) is 5.49. The summed E-state index contributed by atoms with van der Waals surface area (Å²) in [5, 5.41) is 9.93. The quantitative estimate of drug-likeness (QED) is 0.817. The van der Waals surface area contributed by atoms with Crippen LogP contribution in [0.25, 0.3) is 0 Å². The van der Waals surface area contributed by atoms with Crippen molar-refractivity contribution in [1.82, 2.24) is 0 Å². The minimum Gasteiger partial charge on any atom is -0.393 e. The number of hydrogen-bond donors (Lipinski definition) is 1. The molecule has 0 heterocycles. The van der Waals surface area contributed by atoms with Crippen molar-refractivity contribution in [2.75, 3.05) is 0 Å². The second-order valence-electron chi connectivity index (χ2n) is 4.97. The Hall–Kier alpha value is -0.820. The molecule has 0 spiro atoms. The van der Waals surface area contributed by atoms with Crippen molar-refractivity contribution in [1.29, 1.82) is 0 Å². The average Bonchev–Trinajstić information content (AvgIpc) is 2.30. The van der Waals surface area contributed by atoms with Gasteiger partial charge in [0.2, 0.25) is 0 Å². The van der Waals surface area contributed by atoms with Crippen LogP contribution in [0, 0.1) is 0 Å². The van der Waals surface area contributed by atoms with E-state index in [9.17, 15) is 5.11 Å². The molecule has 88 valence electrons. The molecule has 0 saturated heterocycles. The highest BCUT2D eigenvalue weighted by Gasteiger charge is 2.21. The molecule has 0 amide bonds. The fourth-order valence-corrected chi connectivity index (χ4v) is 2.88. The molecule has 0 aliphatic heterocycles. The van der Waals surface area contributed by atoms with Crippen LogP contribution in [-0.2, 0) is 6.42 Å². The van der Waals surface area contributed by atoms with Crippen molar-refractivity contribution in [2.24, 2.45) is 0 Å². The predicted octanol–water partition coefficient (Wildman–Crippen LogP) is 3.66. The average molecular weight is 218 g/mol. The molecular weight excluding hydrogens is 196 g/mol. The summed E-state index contributed by atoms with van der Waals surface area (Å²) in [5.74, 6) is 0.589. The molecule has 1 N–H and O–H groups in total. The molecular formula is C15H22O. The van der Waals surface area contributed by atoms with Gasteiger partial charge >= 0.3 is 0 Å². The molecule has 0 fully saturated rings. The highest BCUT2D eigenvalue weighted by atomic mass is 16.3. The zero-order valence-electron chi connectivity index (χ0n) is 10.2. The van der Waals surface area contributed by atoms with E-state index in [0.29, 0.717) is 5.92 Å². The largest absolute Gasteiger partial charge is 0.393 e. The van der Waals surface area contributed by atoms with Gasteiger partial charge in [-0.05, 0) is 49.1 Å². The first-order chi connectivity index (χ1) is 7.81. The summed E-state index contributed by atoms with van der Waals surface area (Å²) in [4.78, 5) is 0. The van der Waals surface area contributed by atoms with Crippen LogP contribution in [-0.4, -0.2) is 11.2 Å². The maximum atomic E-state index is 9.93. The maximum Gasteiger partial charge on any atom is 0.0546 e. The van der Waals surface area contributed by atoms with Crippen LogP contribution in [0.3, 0.4) is 0 Å². The van der Waals surface area contributed by atoms with Crippen LogP contribution < -0.4 is 0 Å². The number of hydrogen-bond acceptors (Lipinski definition) is 1. The van der Waals surface area contributed by atoms with Gasteiger partial charge in [-0.2, -0.15) is 0 Å². The van der Waals surface area contributed by atoms with Gasteiger partial charge in [0, 0.05) is 0 Å². The molecule has 1 aliphatic carbocycles. The number of aliphatic hydroxyl groups excluding tert-OH is 1. The Kier molecular flexibility index (Phi) is 4.00. The number of aryl methyl sites for hydroxylation is 1. The van der Waals surface area contributed by atoms with Gasteiger partial charge in [0.1, 0.15) is 0 Å². The fraction of sp³-hybridized carbons (Fsp3) is 0.600. The normalized spacial score (nSPS) is 21.5. The van der Waals surface area contributed by atoms with E-state index in [4.69, 9.17) is 0 Å². The molecule has 1 aromatic carbocycles. The molecule has 0 bridgehead atoms. The summed E-state index contributed by atoms with van der Waals surface area (Å²) in [6.07, 6.45) is 6.61. The lowest BCUT2D eigenvalue weighted by Crippen LogP contribution is -2.16. The Labute approximate surface area is 98.5 Å². The molecule has 2 atom stereocenters. The van der Waals surface area contributed by atoms with E-state index in [1.165, 1.54) is 30.4 Å². The summed E-state index contributed by atoms with van der Waals surface area (Å²) in [7, 11) is 0. The number of rotatable bonds is 4. The van der Waals surface area contributed by atoms with Gasteiger partial charge in [-0.1, -0.05) is 37.6 Å². The third kappa shape index (κ3) is 2.65. The summed E-state index contributed by atoms with van der Waals surface area (Å²) in [5.41, 5.74) is 2.99. The van der Waals surface area contributed by atoms with E-state index < -0.39 is 0 Å². The summed E-state index contributed by atoms with van der Waals surface area (Å²) < 4.78 is 0. The Bertz CT molecular complexity index is 332. The van der Waals surface area contributed by atoms with E-state index >= 15 is 0 Å². The predicted molar refractivity (Wildman–Crippen MR) is 67.7 cm³/mol. The van der Waals surface area contributed by atoms with Gasteiger partial charge in [0.15, 0.2) is 0 Å². The molecule has 1 aliphatic rings. The minimum atomic E-state index is -0.110. The molecule has 1 heteroatoms. The molecule has 0 aromatic heterocycles. The van der Waals surface area contributed by atoms with E-state index in [-0.39, 0.29) is 6.10 Å². The fourth-order valence-electron chi connectivity index (χ4n) is 2.88. The van der Waals surface area contributed by atoms with Gasteiger partial charge < -0.3 is 5.11 Å². The van der Waals surface area contributed by atoms with Gasteiger partial charge in [-0.15, -0.1) is 0 Å². The van der Waals surface area contributed by atoms with Crippen LogP contribution >= 0.6 is 0 Å². The Morgan fingerprint density at radius 3 is 3.00 bits per heavy atom. The first-order valence-electron chi connectivity index (χ1n) is 6.57. The lowest BCUT2D eigenvalue weighted by molar-refractivity contribution is 0.141. The van der Waals surface area contributed by atoms with Gasteiger partial charge in [0.05, 0.1) is 6.10 Å². The Morgan fingerprint density at radius 2 is 2.19 bits per heavy atom. The van der Waals surface area contributed by atoms with E-state index in [2.05, 4.69) is 31.2 Å². The first-order valence-corrected chi connectivity index (χ1v) is 6.57. The molecule has 0 unspecified atom stereocenters. The van der Waals surface area contributed by atoms with Crippen LogP contribution in [0.5, 0.6) is 0 Å². The molecule has 2 rings (SSSR count). The highest BCUT2D eigenvalue weighted by molar-refractivity contribution is 5.32. The lowest BCUT2D eigenvalue weighted by Gasteiger charge is -2.27. The third-order valence-electron chi connectivity index (χ3n) is 3.67. The van der Waals surface area contributed by atoms with Gasteiger partial charge in [-0.25, -0.2) is 0 Å². The first kappa shape index (κ1) is 11.7. The van der Waals surface area contributed by atoms with Gasteiger partial charge in [0.25, 0.3) is 0 Å². The Balaban J connectivity index is 2.07. The summed E-state index contributed by atoms with van der Waals surface area (Å²) >= 11 is 0. The van der Waals surface area contributed by atoms with Crippen molar-refractivity contribution in [3.05, 3.63) is 35.4 Å². The van der Waals surface area contributed by atoms with Crippen molar-refractivity contribution < 1.29 is 5.11 Å². The monoisotopic (exact) mass is 218 g/mol. The van der Waals surface area contributed by atoms with Crippen molar-refractivity contribution in [2.45, 2.75) is 57.5 Å². The number of fused-ring (bicyclic) bond motifs is 1. The second-order valence-corrected chi connectivity index (χ2v) is 4.97. The van der Waals surface area contributed by atoms with Crippen LogP contribution in [0.1, 0.15) is 56.1 Å². The molecule has 1 aromatic rings. The van der Waals surface area contributed by atoms with E-state index in [0.717, 1.165) is 19.3 Å². The SMILES string of the molecule is CCC[C@@H](O)C[C@H]1CCCc2ccccc21. The van der Waals surface area contributed by atoms with Crippen LogP contribution in [0.15, 0.2) is 24.3 Å². The molecule has 16 heavy (non-hydrogen) atoms. The standard InChI is InChI=1S/C15H22O/c1-2-6-14(16)11-13-9-5-8-12-7-3-4-10-15(12)13/h3-4,7,10,13-14,16H,2,5-6,8-9,11H2,1H3/t13-,14-/m1/s1. The smallest absolute Gasteiger partial charge is 0.0546 e. The van der Waals surface area contributed by atoms with Crippen molar-refractivity contribution in [3.63, 3.8) is 0 Å². The van der Waals surface area contributed by atoms with E-state index in [1.807, 2.05) is 0 Å². The minimum absolute atomic E-state index is 0.110. The number of benzene rings is 1. The lowest BCUT2D eigenvalue weighted by atomic mass is 9.79. The molecule has 0 radical (unpaired) electrons. The summed E-state index contributed by atoms with van der Waals surface area (Å²) in [6.45, 7) is 2.14. The third-order valence-corrected chi connectivity index (χ3v) is 3.67. The zero-order valence-corrected chi connectivity index (χ0v) is 10.2.